The van der Waals surface area contributed by atoms with Gasteiger partial charge in [0.1, 0.15) is 10.8 Å². The Balaban J connectivity index is 1.76. The minimum Gasteiger partial charge on any atom is -0.508 e. The monoisotopic (exact) mass is 353 g/mol. The number of amides is 1. The maximum Gasteiger partial charge on any atom is 0.259 e. The first kappa shape index (κ1) is 14.8. The van der Waals surface area contributed by atoms with Crippen molar-refractivity contribution < 1.29 is 9.90 Å². The van der Waals surface area contributed by atoms with Gasteiger partial charge in [-0.2, -0.15) is 0 Å². The third-order valence-electron chi connectivity index (χ3n) is 3.41. The predicted molar refractivity (Wildman–Crippen MR) is 96.8 cm³/mol. The highest BCUT2D eigenvalue weighted by molar-refractivity contribution is 7.21. The first-order valence-corrected chi connectivity index (χ1v) is 8.80. The molecule has 24 heavy (non-hydrogen) atoms. The molecule has 0 aliphatic heterocycles. The summed E-state index contributed by atoms with van der Waals surface area (Å²) in [7, 11) is 0. The topological polar surface area (TPSA) is 75.1 Å². The van der Waals surface area contributed by atoms with E-state index in [0.29, 0.717) is 16.2 Å². The van der Waals surface area contributed by atoms with Crippen LogP contribution in [0.3, 0.4) is 0 Å². The summed E-state index contributed by atoms with van der Waals surface area (Å²) in [6, 6.07) is 12.4. The lowest BCUT2D eigenvalue weighted by Gasteiger charge is -2.02. The minimum absolute atomic E-state index is 0.188. The zero-order chi connectivity index (χ0) is 16.5. The number of phenolic OH excluding ortho intramolecular Hbond substituents is 1. The van der Waals surface area contributed by atoms with Crippen molar-refractivity contribution >= 4 is 43.9 Å². The highest BCUT2D eigenvalue weighted by Gasteiger charge is 2.15. The summed E-state index contributed by atoms with van der Waals surface area (Å²) in [5, 5.41) is 15.5. The smallest absolute Gasteiger partial charge is 0.259 e. The molecule has 0 aliphatic carbocycles. The number of carbonyl (C=O) groups is 1. The fourth-order valence-corrected chi connectivity index (χ4v) is 3.86. The number of para-hydroxylation sites is 1. The molecule has 2 aromatic heterocycles. The van der Waals surface area contributed by atoms with Crippen LogP contribution in [0.2, 0.25) is 0 Å². The van der Waals surface area contributed by atoms with Gasteiger partial charge in [-0.05, 0) is 24.3 Å². The van der Waals surface area contributed by atoms with Crippen LogP contribution in [0.25, 0.3) is 20.8 Å². The molecule has 2 heterocycles. The lowest BCUT2D eigenvalue weighted by molar-refractivity contribution is 0.102. The summed E-state index contributed by atoms with van der Waals surface area (Å²) in [6.07, 6.45) is 1.64. The summed E-state index contributed by atoms with van der Waals surface area (Å²) in [5.74, 6) is -0.0446. The molecule has 0 bridgehead atoms. The van der Waals surface area contributed by atoms with E-state index in [-0.39, 0.29) is 11.7 Å². The quantitative estimate of drug-likeness (QED) is 0.573. The van der Waals surface area contributed by atoms with Crippen molar-refractivity contribution in [2.45, 2.75) is 0 Å². The van der Waals surface area contributed by atoms with Crippen molar-refractivity contribution in [2.24, 2.45) is 0 Å². The fraction of sp³-hybridized carbons (Fsp3) is 0. The third kappa shape index (κ3) is 2.75. The number of hydrogen-bond acceptors (Lipinski definition) is 6. The third-order valence-corrected chi connectivity index (χ3v) is 5.17. The molecule has 2 aromatic carbocycles. The van der Waals surface area contributed by atoms with Crippen LogP contribution >= 0.6 is 22.7 Å². The lowest BCUT2D eigenvalue weighted by Crippen LogP contribution is -2.12. The van der Waals surface area contributed by atoms with Gasteiger partial charge < -0.3 is 5.11 Å². The number of thiazole rings is 2. The van der Waals surface area contributed by atoms with Gasteiger partial charge in [0.25, 0.3) is 5.91 Å². The molecule has 7 heteroatoms. The Kier molecular flexibility index (Phi) is 3.72. The van der Waals surface area contributed by atoms with Crippen molar-refractivity contribution in [1.29, 1.82) is 0 Å². The summed E-state index contributed by atoms with van der Waals surface area (Å²) in [5.41, 5.74) is 1.97. The number of hydrogen-bond donors (Lipinski definition) is 2. The Morgan fingerprint density at radius 1 is 1.17 bits per heavy atom. The van der Waals surface area contributed by atoms with Crippen molar-refractivity contribution in [2.75, 3.05) is 5.32 Å². The second-order valence-electron chi connectivity index (χ2n) is 5.01. The average Bonchev–Trinajstić information content (AvgIpc) is 3.23. The van der Waals surface area contributed by atoms with E-state index < -0.39 is 0 Å². The number of rotatable bonds is 3. The van der Waals surface area contributed by atoms with Crippen LogP contribution in [0.5, 0.6) is 5.75 Å². The number of carbonyl (C=O) groups excluding carboxylic acids is 1. The zero-order valence-corrected chi connectivity index (χ0v) is 13.9. The molecule has 4 aromatic rings. The molecule has 0 saturated carbocycles. The van der Waals surface area contributed by atoms with E-state index in [2.05, 4.69) is 15.3 Å². The van der Waals surface area contributed by atoms with E-state index in [1.54, 1.807) is 35.8 Å². The Hall–Kier alpha value is -2.77. The van der Waals surface area contributed by atoms with Gasteiger partial charge in [0.15, 0.2) is 5.13 Å². The van der Waals surface area contributed by atoms with E-state index >= 15 is 0 Å². The molecule has 0 saturated heterocycles. The maximum absolute atomic E-state index is 12.5. The summed E-state index contributed by atoms with van der Waals surface area (Å²) in [6.45, 7) is 0. The van der Waals surface area contributed by atoms with Crippen LogP contribution < -0.4 is 5.32 Å². The predicted octanol–water partition coefficient (Wildman–Crippen LogP) is 4.38. The van der Waals surface area contributed by atoms with Crippen LogP contribution in [-0.4, -0.2) is 21.0 Å². The van der Waals surface area contributed by atoms with Gasteiger partial charge in [-0.25, -0.2) is 9.97 Å². The second-order valence-corrected chi connectivity index (χ2v) is 6.94. The molecule has 0 fully saturated rings. The number of aromatic hydroxyl groups is 1. The van der Waals surface area contributed by atoms with E-state index in [1.807, 2.05) is 18.2 Å². The summed E-state index contributed by atoms with van der Waals surface area (Å²) >= 11 is 2.85. The molecule has 2 N–H and O–H groups in total. The average molecular weight is 353 g/mol. The largest absolute Gasteiger partial charge is 0.508 e. The van der Waals surface area contributed by atoms with Crippen molar-refractivity contribution in [3.63, 3.8) is 0 Å². The van der Waals surface area contributed by atoms with Gasteiger partial charge in [0.05, 0.1) is 15.8 Å². The normalized spacial score (nSPS) is 10.8. The van der Waals surface area contributed by atoms with Crippen LogP contribution in [0.15, 0.2) is 54.0 Å². The molecule has 0 aliphatic rings. The Morgan fingerprint density at radius 2 is 2.04 bits per heavy atom. The molecular formula is C17H11N3O2S2. The standard InChI is InChI=1S/C17H11N3O2S2/c21-11-4-1-3-10(9-11)16-19-14-12(5-2-6-13(14)24-16)15(22)20-17-18-7-8-23-17/h1-9,21H,(H,18,20,22). The SMILES string of the molecule is O=C(Nc1nccs1)c1cccc2sc(-c3cccc(O)c3)nc12. The van der Waals surface area contributed by atoms with Crippen LogP contribution in [-0.2, 0) is 0 Å². The highest BCUT2D eigenvalue weighted by Crippen LogP contribution is 2.33. The Morgan fingerprint density at radius 3 is 2.83 bits per heavy atom. The van der Waals surface area contributed by atoms with Crippen molar-refractivity contribution in [1.82, 2.24) is 9.97 Å². The Labute approximate surface area is 145 Å². The van der Waals surface area contributed by atoms with Gasteiger partial charge in [0, 0.05) is 17.1 Å². The van der Waals surface area contributed by atoms with Gasteiger partial charge in [0.2, 0.25) is 0 Å². The number of nitrogens with zero attached hydrogens (tertiary/aromatic N) is 2. The summed E-state index contributed by atoms with van der Waals surface area (Å²) < 4.78 is 0.917. The molecule has 0 spiro atoms. The lowest BCUT2D eigenvalue weighted by atomic mass is 10.2. The van der Waals surface area contributed by atoms with E-state index in [1.165, 1.54) is 22.7 Å². The number of nitrogens with one attached hydrogen (secondary N) is 1. The van der Waals surface area contributed by atoms with Crippen LogP contribution in [0, 0.1) is 0 Å². The number of anilines is 1. The molecule has 5 nitrogen and oxygen atoms in total. The molecular weight excluding hydrogens is 342 g/mol. The molecule has 1 amide bonds. The Bertz CT molecular complexity index is 1030. The zero-order valence-electron chi connectivity index (χ0n) is 12.3. The van der Waals surface area contributed by atoms with Crippen molar-refractivity contribution in [3.8, 4) is 16.3 Å². The molecule has 118 valence electrons. The van der Waals surface area contributed by atoms with E-state index in [0.717, 1.165) is 15.3 Å². The number of fused-ring (bicyclic) bond motifs is 1. The maximum atomic E-state index is 12.5. The molecule has 0 radical (unpaired) electrons. The second kappa shape index (κ2) is 6.03. The molecule has 4 rings (SSSR count). The molecule has 0 unspecified atom stereocenters. The number of phenols is 1. The first-order chi connectivity index (χ1) is 11.7. The molecule has 0 atom stereocenters. The van der Waals surface area contributed by atoms with Crippen molar-refractivity contribution in [3.05, 3.63) is 59.6 Å². The van der Waals surface area contributed by atoms with Crippen LogP contribution in [0.1, 0.15) is 10.4 Å². The van der Waals surface area contributed by atoms with Gasteiger partial charge >= 0.3 is 0 Å². The highest BCUT2D eigenvalue weighted by atomic mass is 32.1. The summed E-state index contributed by atoms with van der Waals surface area (Å²) in [4.78, 5) is 21.2. The van der Waals surface area contributed by atoms with E-state index in [4.69, 9.17) is 0 Å². The van der Waals surface area contributed by atoms with Crippen LogP contribution in [0.4, 0.5) is 5.13 Å². The van der Waals surface area contributed by atoms with Gasteiger partial charge in [-0.1, -0.05) is 18.2 Å². The van der Waals surface area contributed by atoms with Gasteiger partial charge in [-0.15, -0.1) is 22.7 Å². The fourth-order valence-electron chi connectivity index (χ4n) is 2.34. The first-order valence-electron chi connectivity index (χ1n) is 7.10. The van der Waals surface area contributed by atoms with Gasteiger partial charge in [-0.3, -0.25) is 10.1 Å². The number of benzene rings is 2. The number of aromatic nitrogens is 2. The van der Waals surface area contributed by atoms with E-state index in [9.17, 15) is 9.90 Å². The minimum atomic E-state index is -0.233.